The maximum Gasteiger partial charge on any atom is 0.265 e. The van der Waals surface area contributed by atoms with Crippen molar-refractivity contribution < 1.29 is 8.42 Å². The van der Waals surface area contributed by atoms with Gasteiger partial charge in [0.25, 0.3) is 10.0 Å². The highest BCUT2D eigenvalue weighted by molar-refractivity contribution is 9.10. The fourth-order valence-corrected chi connectivity index (χ4v) is 6.49. The summed E-state index contributed by atoms with van der Waals surface area (Å²) in [5, 5.41) is 1.85. The van der Waals surface area contributed by atoms with Crippen molar-refractivity contribution in [2.45, 2.75) is 17.7 Å². The highest BCUT2D eigenvalue weighted by Crippen LogP contribution is 2.41. The SMILES string of the molecule is O=S1(=O)c2cccc3cccc(c23)N1CCCN1CC=C(c2ccc(Br)cc2)CC1. The van der Waals surface area contributed by atoms with Crippen LogP contribution in [0, 0.1) is 0 Å². The van der Waals surface area contributed by atoms with Crippen molar-refractivity contribution in [2.24, 2.45) is 0 Å². The molecule has 0 saturated heterocycles. The van der Waals surface area contributed by atoms with Crippen LogP contribution in [0.1, 0.15) is 18.4 Å². The van der Waals surface area contributed by atoms with Crippen LogP contribution >= 0.6 is 15.9 Å². The summed E-state index contributed by atoms with van der Waals surface area (Å²) in [4.78, 5) is 2.84. The number of sulfonamides is 1. The van der Waals surface area contributed by atoms with Gasteiger partial charge < -0.3 is 0 Å². The molecule has 0 radical (unpaired) electrons. The molecule has 0 aromatic heterocycles. The van der Waals surface area contributed by atoms with Gasteiger partial charge in [-0.15, -0.1) is 0 Å². The number of nitrogens with zero attached hydrogens (tertiary/aromatic N) is 2. The Labute approximate surface area is 186 Å². The quantitative estimate of drug-likeness (QED) is 0.495. The van der Waals surface area contributed by atoms with E-state index in [0.717, 1.165) is 53.4 Å². The molecule has 2 aliphatic rings. The second-order valence-corrected chi connectivity index (χ2v) is 10.6. The van der Waals surface area contributed by atoms with Gasteiger partial charge in [-0.25, -0.2) is 8.42 Å². The van der Waals surface area contributed by atoms with Crippen LogP contribution in [0.3, 0.4) is 0 Å². The Balaban J connectivity index is 1.24. The van der Waals surface area contributed by atoms with Gasteiger partial charge in [-0.05, 0) is 53.6 Å². The normalized spacial score (nSPS) is 18.0. The standard InChI is InChI=1S/C24H23BrN2O2S/c25-21-10-8-18(9-11-21)19-12-16-26(17-13-19)14-3-15-27-22-6-1-4-20-5-2-7-23(24(20)22)30(27,28)29/h1-2,4-12H,3,13-17H2. The average Bonchev–Trinajstić information content (AvgIpc) is 2.98. The van der Waals surface area contributed by atoms with E-state index >= 15 is 0 Å². The Bertz CT molecular complexity index is 1230. The van der Waals surface area contributed by atoms with E-state index in [1.165, 1.54) is 11.1 Å². The van der Waals surface area contributed by atoms with Crippen molar-refractivity contribution in [1.29, 1.82) is 0 Å². The fraction of sp³-hybridized carbons (Fsp3) is 0.250. The smallest absolute Gasteiger partial charge is 0.265 e. The maximum atomic E-state index is 13.1. The van der Waals surface area contributed by atoms with Gasteiger partial charge in [-0.3, -0.25) is 9.21 Å². The van der Waals surface area contributed by atoms with E-state index in [2.05, 4.69) is 51.2 Å². The summed E-state index contributed by atoms with van der Waals surface area (Å²) in [5.74, 6) is 0. The number of hydrogen-bond donors (Lipinski definition) is 0. The van der Waals surface area contributed by atoms with Crippen LogP contribution in [0.5, 0.6) is 0 Å². The number of hydrogen-bond acceptors (Lipinski definition) is 3. The van der Waals surface area contributed by atoms with Gasteiger partial charge in [0.2, 0.25) is 0 Å². The lowest BCUT2D eigenvalue weighted by Gasteiger charge is -2.27. The summed E-state index contributed by atoms with van der Waals surface area (Å²) < 4.78 is 28.8. The molecule has 2 heterocycles. The molecule has 0 amide bonds. The van der Waals surface area contributed by atoms with Gasteiger partial charge in [0, 0.05) is 36.0 Å². The van der Waals surface area contributed by atoms with E-state index < -0.39 is 10.0 Å². The van der Waals surface area contributed by atoms with Gasteiger partial charge in [-0.2, -0.15) is 0 Å². The van der Waals surface area contributed by atoms with Crippen molar-refractivity contribution in [2.75, 3.05) is 30.5 Å². The monoisotopic (exact) mass is 482 g/mol. The summed E-state index contributed by atoms with van der Waals surface area (Å²) in [6, 6.07) is 19.8. The van der Waals surface area contributed by atoms with Gasteiger partial charge in [0.15, 0.2) is 0 Å². The Morgan fingerprint density at radius 3 is 2.43 bits per heavy atom. The molecule has 0 saturated carbocycles. The van der Waals surface area contributed by atoms with Crippen LogP contribution in [-0.2, 0) is 10.0 Å². The van der Waals surface area contributed by atoms with Gasteiger partial charge in [-0.1, -0.05) is 58.4 Å². The number of anilines is 1. The minimum atomic E-state index is -3.45. The average molecular weight is 483 g/mol. The summed E-state index contributed by atoms with van der Waals surface area (Å²) in [7, 11) is -3.45. The molecule has 4 nitrogen and oxygen atoms in total. The molecule has 6 heteroatoms. The molecule has 2 aliphatic heterocycles. The maximum absolute atomic E-state index is 13.1. The lowest BCUT2D eigenvalue weighted by atomic mass is 9.99. The Morgan fingerprint density at radius 1 is 0.933 bits per heavy atom. The van der Waals surface area contributed by atoms with Crippen LogP contribution in [0.15, 0.2) is 76.1 Å². The lowest BCUT2D eigenvalue weighted by Crippen LogP contribution is -2.34. The number of benzene rings is 3. The van der Waals surface area contributed by atoms with Crippen molar-refractivity contribution in [1.82, 2.24) is 4.90 Å². The summed E-state index contributed by atoms with van der Waals surface area (Å²) in [6.07, 6.45) is 4.13. The summed E-state index contributed by atoms with van der Waals surface area (Å²) >= 11 is 3.49. The highest BCUT2D eigenvalue weighted by Gasteiger charge is 2.35. The molecule has 30 heavy (non-hydrogen) atoms. The highest BCUT2D eigenvalue weighted by atomic mass is 79.9. The van der Waals surface area contributed by atoms with E-state index in [1.807, 2.05) is 30.3 Å². The molecule has 0 atom stereocenters. The first-order valence-corrected chi connectivity index (χ1v) is 12.5. The lowest BCUT2D eigenvalue weighted by molar-refractivity contribution is 0.300. The van der Waals surface area contributed by atoms with E-state index in [9.17, 15) is 8.42 Å². The van der Waals surface area contributed by atoms with Crippen molar-refractivity contribution in [3.63, 3.8) is 0 Å². The fourth-order valence-electron chi connectivity index (χ4n) is 4.48. The predicted octanol–water partition coefficient (Wildman–Crippen LogP) is 5.29. The first-order valence-electron chi connectivity index (χ1n) is 10.3. The van der Waals surface area contributed by atoms with Gasteiger partial charge in [0.1, 0.15) is 0 Å². The van der Waals surface area contributed by atoms with Crippen LogP contribution in [0.25, 0.3) is 16.3 Å². The second-order valence-electron chi connectivity index (χ2n) is 7.85. The minimum Gasteiger partial charge on any atom is -0.299 e. The number of rotatable bonds is 5. The molecular formula is C24H23BrN2O2S. The zero-order chi connectivity index (χ0) is 20.7. The largest absolute Gasteiger partial charge is 0.299 e. The molecule has 0 aliphatic carbocycles. The van der Waals surface area contributed by atoms with Crippen LogP contribution in [0.2, 0.25) is 0 Å². The van der Waals surface area contributed by atoms with Crippen LogP contribution in [-0.4, -0.2) is 39.5 Å². The zero-order valence-corrected chi connectivity index (χ0v) is 19.0. The topological polar surface area (TPSA) is 40.6 Å². The van der Waals surface area contributed by atoms with E-state index in [0.29, 0.717) is 11.4 Å². The van der Waals surface area contributed by atoms with Crippen molar-refractivity contribution in [3.05, 3.63) is 76.8 Å². The molecule has 5 rings (SSSR count). The molecule has 0 fully saturated rings. The van der Waals surface area contributed by atoms with Crippen LogP contribution in [0.4, 0.5) is 5.69 Å². The molecule has 0 bridgehead atoms. The molecule has 3 aromatic rings. The molecule has 0 N–H and O–H groups in total. The zero-order valence-electron chi connectivity index (χ0n) is 16.6. The third-order valence-corrected chi connectivity index (χ3v) is 8.41. The predicted molar refractivity (Wildman–Crippen MR) is 126 cm³/mol. The third kappa shape index (κ3) is 3.47. The first-order chi connectivity index (χ1) is 14.5. The summed E-state index contributed by atoms with van der Waals surface area (Å²) in [6.45, 7) is 3.32. The molecule has 0 spiro atoms. The molecule has 0 unspecified atom stereocenters. The molecular weight excluding hydrogens is 460 g/mol. The summed E-state index contributed by atoms with van der Waals surface area (Å²) in [5.41, 5.74) is 3.49. The van der Waals surface area contributed by atoms with Gasteiger partial charge in [0.05, 0.1) is 10.6 Å². The van der Waals surface area contributed by atoms with E-state index in [4.69, 9.17) is 0 Å². The minimum absolute atomic E-state index is 0.440. The Kier molecular flexibility index (Phi) is 5.17. The third-order valence-electron chi connectivity index (χ3n) is 6.03. The van der Waals surface area contributed by atoms with E-state index in [1.54, 1.807) is 10.4 Å². The second kappa shape index (κ2) is 7.84. The Hall–Kier alpha value is -2.15. The van der Waals surface area contributed by atoms with Crippen LogP contribution < -0.4 is 4.31 Å². The van der Waals surface area contributed by atoms with E-state index in [-0.39, 0.29) is 0 Å². The Morgan fingerprint density at radius 2 is 1.70 bits per heavy atom. The first kappa shape index (κ1) is 19.8. The number of halogens is 1. The molecule has 154 valence electrons. The van der Waals surface area contributed by atoms with Crippen molar-refractivity contribution in [3.8, 4) is 0 Å². The van der Waals surface area contributed by atoms with Crippen molar-refractivity contribution >= 4 is 48.0 Å². The van der Waals surface area contributed by atoms with Gasteiger partial charge >= 0.3 is 0 Å². The molecule has 3 aromatic carbocycles.